The standard InChI is InChI=1S/C24H28BFN2O4/c1-23(2)24(3,4)32-25(31-23)17-7-8-18(27-13-17)14-28-9-10-30-20-12-16(15-5-6-15)11-19(26)21(20)22(28)29/h7-8,11-13,15H,5-6,9-10,14H2,1-4H3. The third-order valence-electron chi connectivity index (χ3n) is 6.97. The average molecular weight is 438 g/mol. The van der Waals surface area contributed by atoms with Gasteiger partial charge in [0.1, 0.15) is 23.7 Å². The number of aromatic nitrogens is 1. The van der Waals surface area contributed by atoms with E-state index in [1.165, 1.54) is 6.07 Å². The van der Waals surface area contributed by atoms with Gasteiger partial charge in [-0.1, -0.05) is 6.07 Å². The van der Waals surface area contributed by atoms with Crippen LogP contribution in [0.2, 0.25) is 0 Å². The van der Waals surface area contributed by atoms with E-state index >= 15 is 0 Å². The molecule has 0 radical (unpaired) electrons. The SMILES string of the molecule is CC1(C)OB(c2ccc(CN3CCOc4cc(C5CC5)cc(F)c4C3=O)nc2)OC1(C)C. The zero-order valence-electron chi connectivity index (χ0n) is 19.0. The minimum absolute atomic E-state index is 0.0146. The molecular formula is C24H28BFN2O4. The third-order valence-corrected chi connectivity index (χ3v) is 6.97. The number of nitrogens with zero attached hydrogens (tertiary/aromatic N) is 2. The molecule has 8 heteroatoms. The molecule has 1 aliphatic carbocycles. The summed E-state index contributed by atoms with van der Waals surface area (Å²) in [7, 11) is -0.489. The topological polar surface area (TPSA) is 60.9 Å². The molecule has 0 unspecified atom stereocenters. The van der Waals surface area contributed by atoms with Gasteiger partial charge in [-0.3, -0.25) is 9.78 Å². The van der Waals surface area contributed by atoms with E-state index in [1.807, 2.05) is 45.9 Å². The van der Waals surface area contributed by atoms with Crippen LogP contribution in [0.4, 0.5) is 4.39 Å². The fraction of sp³-hybridized carbons (Fsp3) is 0.500. The maximum absolute atomic E-state index is 14.8. The Balaban J connectivity index is 1.32. The Kier molecular flexibility index (Phi) is 5.06. The maximum Gasteiger partial charge on any atom is 0.496 e. The van der Waals surface area contributed by atoms with Crippen molar-refractivity contribution in [2.75, 3.05) is 13.2 Å². The molecule has 0 spiro atoms. The van der Waals surface area contributed by atoms with Gasteiger partial charge in [-0.2, -0.15) is 0 Å². The summed E-state index contributed by atoms with van der Waals surface area (Å²) in [5.41, 5.74) is 1.61. The number of carbonyl (C=O) groups is 1. The van der Waals surface area contributed by atoms with Crippen molar-refractivity contribution in [1.29, 1.82) is 0 Å². The molecule has 2 fully saturated rings. The number of amides is 1. The Morgan fingerprint density at radius 3 is 2.50 bits per heavy atom. The average Bonchev–Trinajstić information content (AvgIpc) is 3.55. The van der Waals surface area contributed by atoms with Crippen molar-refractivity contribution in [1.82, 2.24) is 9.88 Å². The van der Waals surface area contributed by atoms with Crippen molar-refractivity contribution in [3.63, 3.8) is 0 Å². The van der Waals surface area contributed by atoms with Gasteiger partial charge in [0.15, 0.2) is 0 Å². The largest absolute Gasteiger partial charge is 0.496 e. The van der Waals surface area contributed by atoms with Crippen molar-refractivity contribution < 1.29 is 23.2 Å². The Bertz CT molecular complexity index is 1040. The van der Waals surface area contributed by atoms with Crippen molar-refractivity contribution >= 4 is 18.5 Å². The molecule has 5 rings (SSSR count). The predicted molar refractivity (Wildman–Crippen MR) is 119 cm³/mol. The van der Waals surface area contributed by atoms with Crippen molar-refractivity contribution in [3.8, 4) is 5.75 Å². The molecule has 0 N–H and O–H groups in total. The number of pyridine rings is 1. The molecule has 168 valence electrons. The number of halogens is 1. The minimum atomic E-state index is -0.509. The fourth-order valence-corrected chi connectivity index (χ4v) is 4.10. The van der Waals surface area contributed by atoms with Crippen LogP contribution >= 0.6 is 0 Å². The first-order chi connectivity index (χ1) is 15.1. The van der Waals surface area contributed by atoms with Crippen molar-refractivity contribution in [3.05, 3.63) is 53.1 Å². The quantitative estimate of drug-likeness (QED) is 0.685. The molecule has 1 aromatic heterocycles. The van der Waals surface area contributed by atoms with Crippen LogP contribution in [-0.4, -0.2) is 47.3 Å². The van der Waals surface area contributed by atoms with Crippen LogP contribution in [0, 0.1) is 5.82 Å². The highest BCUT2D eigenvalue weighted by Gasteiger charge is 2.51. The number of fused-ring (bicyclic) bond motifs is 1. The van der Waals surface area contributed by atoms with Gasteiger partial charge in [-0.15, -0.1) is 0 Å². The lowest BCUT2D eigenvalue weighted by Gasteiger charge is -2.32. The maximum atomic E-state index is 14.8. The van der Waals surface area contributed by atoms with Gasteiger partial charge in [0.05, 0.1) is 30.0 Å². The molecule has 1 aromatic carbocycles. The van der Waals surface area contributed by atoms with Gasteiger partial charge >= 0.3 is 7.12 Å². The number of carbonyl (C=O) groups excluding carboxylic acids is 1. The lowest BCUT2D eigenvalue weighted by molar-refractivity contribution is 0.00578. The summed E-state index contributed by atoms with van der Waals surface area (Å²) < 4.78 is 32.7. The van der Waals surface area contributed by atoms with E-state index in [0.717, 1.165) is 23.9 Å². The van der Waals surface area contributed by atoms with Gasteiger partial charge in [0.2, 0.25) is 0 Å². The number of hydrogen-bond acceptors (Lipinski definition) is 5. The summed E-state index contributed by atoms with van der Waals surface area (Å²) in [5, 5.41) is 0. The summed E-state index contributed by atoms with van der Waals surface area (Å²) in [6, 6.07) is 7.07. The van der Waals surface area contributed by atoms with Crippen LogP contribution in [0.3, 0.4) is 0 Å². The number of rotatable bonds is 4. The number of hydrogen-bond donors (Lipinski definition) is 0. The second-order valence-electron chi connectivity index (χ2n) is 9.90. The highest BCUT2D eigenvalue weighted by molar-refractivity contribution is 6.62. The smallest absolute Gasteiger partial charge is 0.491 e. The highest BCUT2D eigenvalue weighted by Crippen LogP contribution is 2.43. The number of benzene rings is 1. The van der Waals surface area contributed by atoms with Gasteiger partial charge in [0, 0.05) is 11.7 Å². The van der Waals surface area contributed by atoms with Gasteiger partial charge in [-0.25, -0.2) is 4.39 Å². The number of ether oxygens (including phenoxy) is 1. The molecule has 3 heterocycles. The second kappa shape index (κ2) is 7.56. The Hall–Kier alpha value is -2.45. The summed E-state index contributed by atoms with van der Waals surface area (Å²) in [6.07, 6.45) is 3.84. The van der Waals surface area contributed by atoms with Crippen LogP contribution in [-0.2, 0) is 15.9 Å². The molecule has 1 saturated carbocycles. The first kappa shape index (κ1) is 21.4. The van der Waals surface area contributed by atoms with Crippen molar-refractivity contribution in [2.24, 2.45) is 0 Å². The van der Waals surface area contributed by atoms with E-state index in [4.69, 9.17) is 14.0 Å². The second-order valence-corrected chi connectivity index (χ2v) is 9.90. The summed E-state index contributed by atoms with van der Waals surface area (Å²) in [5.74, 6) is -0.137. The van der Waals surface area contributed by atoms with E-state index in [2.05, 4.69) is 4.98 Å². The Morgan fingerprint density at radius 1 is 1.16 bits per heavy atom. The molecule has 1 amide bonds. The van der Waals surface area contributed by atoms with E-state index in [9.17, 15) is 9.18 Å². The van der Waals surface area contributed by atoms with Gasteiger partial charge < -0.3 is 18.9 Å². The molecule has 0 atom stereocenters. The first-order valence-corrected chi connectivity index (χ1v) is 11.2. The first-order valence-electron chi connectivity index (χ1n) is 11.2. The monoisotopic (exact) mass is 438 g/mol. The zero-order chi connectivity index (χ0) is 22.7. The lowest BCUT2D eigenvalue weighted by atomic mass is 9.80. The van der Waals surface area contributed by atoms with E-state index in [0.29, 0.717) is 30.5 Å². The van der Waals surface area contributed by atoms with Crippen LogP contribution in [0.1, 0.15) is 68.1 Å². The molecule has 2 aliphatic heterocycles. The van der Waals surface area contributed by atoms with Crippen LogP contribution < -0.4 is 10.2 Å². The molecule has 1 saturated heterocycles. The Morgan fingerprint density at radius 2 is 1.88 bits per heavy atom. The van der Waals surface area contributed by atoms with Crippen LogP contribution in [0.25, 0.3) is 0 Å². The Labute approximate surface area is 188 Å². The lowest BCUT2D eigenvalue weighted by Crippen LogP contribution is -2.41. The predicted octanol–water partition coefficient (Wildman–Crippen LogP) is 3.43. The minimum Gasteiger partial charge on any atom is -0.491 e. The van der Waals surface area contributed by atoms with Crippen LogP contribution in [0.5, 0.6) is 5.75 Å². The molecular weight excluding hydrogens is 410 g/mol. The molecule has 32 heavy (non-hydrogen) atoms. The van der Waals surface area contributed by atoms with Gasteiger partial charge in [0.25, 0.3) is 5.91 Å². The summed E-state index contributed by atoms with van der Waals surface area (Å²) in [4.78, 5) is 19.2. The van der Waals surface area contributed by atoms with Gasteiger partial charge in [-0.05, 0) is 70.2 Å². The molecule has 0 bridgehead atoms. The molecule has 2 aromatic rings. The molecule has 3 aliphatic rings. The van der Waals surface area contributed by atoms with Crippen LogP contribution in [0.15, 0.2) is 30.5 Å². The van der Waals surface area contributed by atoms with E-state index in [-0.39, 0.29) is 18.0 Å². The third kappa shape index (κ3) is 3.79. The fourth-order valence-electron chi connectivity index (χ4n) is 4.10. The highest BCUT2D eigenvalue weighted by atomic mass is 19.1. The van der Waals surface area contributed by atoms with Crippen molar-refractivity contribution in [2.45, 2.75) is 64.2 Å². The zero-order valence-corrected chi connectivity index (χ0v) is 19.0. The summed E-state index contributed by atoms with van der Waals surface area (Å²) in [6.45, 7) is 8.98. The van der Waals surface area contributed by atoms with E-state index < -0.39 is 24.1 Å². The van der Waals surface area contributed by atoms with E-state index in [1.54, 1.807) is 11.1 Å². The molecule has 6 nitrogen and oxygen atoms in total. The summed E-state index contributed by atoms with van der Waals surface area (Å²) >= 11 is 0. The normalized spacial score (nSPS) is 21.8.